The lowest BCUT2D eigenvalue weighted by Crippen LogP contribution is -1.73. The summed E-state index contributed by atoms with van der Waals surface area (Å²) in [7, 11) is 0. The number of rotatable bonds is 2. The summed E-state index contributed by atoms with van der Waals surface area (Å²) in [5.41, 5.74) is 5.03. The van der Waals surface area contributed by atoms with Crippen LogP contribution >= 0.6 is 12.4 Å². The second-order valence-corrected chi connectivity index (χ2v) is 1.22. The molecular weight excluding hydrogens is 110 g/mol. The van der Waals surface area contributed by atoms with Gasteiger partial charge in [0.15, 0.2) is 0 Å². The molecule has 0 saturated heterocycles. The van der Waals surface area contributed by atoms with Gasteiger partial charge in [-0.2, -0.15) is 0 Å². The Bertz CT molecular complexity index is 43.3. The Hall–Kier alpha value is -0.170. The summed E-state index contributed by atoms with van der Waals surface area (Å²) in [4.78, 5) is 0. The van der Waals surface area contributed by atoms with E-state index in [0.717, 1.165) is 6.42 Å². The van der Waals surface area contributed by atoms with E-state index in [9.17, 15) is 0 Å². The van der Waals surface area contributed by atoms with Gasteiger partial charge in [-0.25, -0.2) is 0 Å². The second-order valence-electron chi connectivity index (χ2n) is 1.22. The predicted molar refractivity (Wildman–Crippen MR) is 35.5 cm³/mol. The van der Waals surface area contributed by atoms with Crippen LogP contribution < -0.4 is 5.73 Å². The van der Waals surface area contributed by atoms with Gasteiger partial charge >= 0.3 is 0 Å². The molecule has 0 radical (unpaired) electrons. The molecule has 0 amide bonds. The molecule has 0 rings (SSSR count). The third kappa shape index (κ3) is 10.7. The average molecular weight is 122 g/mol. The molecule has 0 fully saturated rings. The van der Waals surface area contributed by atoms with Crippen molar-refractivity contribution in [1.29, 1.82) is 0 Å². The van der Waals surface area contributed by atoms with Crippen molar-refractivity contribution >= 4 is 12.4 Å². The molecule has 0 aliphatic carbocycles. The maximum atomic E-state index is 5.03. The van der Waals surface area contributed by atoms with Crippen LogP contribution in [0.1, 0.15) is 19.8 Å². The molecule has 2 N–H and O–H groups in total. The van der Waals surface area contributed by atoms with Gasteiger partial charge in [0, 0.05) is 0 Å². The molecule has 44 valence electrons. The van der Waals surface area contributed by atoms with Crippen LogP contribution in [0.4, 0.5) is 0 Å². The molecule has 0 heterocycles. The minimum atomic E-state index is 0. The first kappa shape index (κ1) is 9.95. The topological polar surface area (TPSA) is 26.0 Å². The third-order valence-electron chi connectivity index (χ3n) is 0.591. The Balaban J connectivity index is 0. The van der Waals surface area contributed by atoms with Crippen LogP contribution in [0.15, 0.2) is 12.3 Å². The van der Waals surface area contributed by atoms with Crippen molar-refractivity contribution in [1.82, 2.24) is 0 Å². The van der Waals surface area contributed by atoms with Gasteiger partial charge in [-0.1, -0.05) is 19.4 Å². The van der Waals surface area contributed by atoms with E-state index in [-0.39, 0.29) is 12.4 Å². The molecular formula is C5H12ClN. The average Bonchev–Trinajstić information content (AvgIpc) is 1.61. The minimum absolute atomic E-state index is 0. The van der Waals surface area contributed by atoms with Gasteiger partial charge in [0.2, 0.25) is 0 Å². The van der Waals surface area contributed by atoms with Crippen LogP contribution in [-0.2, 0) is 0 Å². The van der Waals surface area contributed by atoms with Gasteiger partial charge in [0.05, 0.1) is 0 Å². The molecule has 0 saturated carbocycles. The molecule has 0 spiro atoms. The van der Waals surface area contributed by atoms with Crippen LogP contribution in [0.2, 0.25) is 0 Å². The second kappa shape index (κ2) is 9.27. The number of hydrogen-bond acceptors (Lipinski definition) is 1. The Labute approximate surface area is 51.0 Å². The highest BCUT2D eigenvalue weighted by molar-refractivity contribution is 5.85. The van der Waals surface area contributed by atoms with Crippen LogP contribution in [-0.4, -0.2) is 0 Å². The summed E-state index contributed by atoms with van der Waals surface area (Å²) in [6.45, 7) is 2.12. The van der Waals surface area contributed by atoms with E-state index in [0.29, 0.717) is 0 Å². The third-order valence-corrected chi connectivity index (χ3v) is 0.591. The Morgan fingerprint density at radius 1 is 1.57 bits per heavy atom. The van der Waals surface area contributed by atoms with E-state index in [1.807, 2.05) is 6.08 Å². The van der Waals surface area contributed by atoms with Crippen molar-refractivity contribution in [3.63, 3.8) is 0 Å². The number of unbranched alkanes of at least 4 members (excludes halogenated alkanes) is 1. The smallest absolute Gasteiger partial charge is 0.0103 e. The van der Waals surface area contributed by atoms with E-state index in [4.69, 9.17) is 5.73 Å². The number of allylic oxidation sites excluding steroid dienone is 1. The molecule has 0 aromatic carbocycles. The van der Waals surface area contributed by atoms with E-state index in [1.54, 1.807) is 6.20 Å². The van der Waals surface area contributed by atoms with Gasteiger partial charge in [0.1, 0.15) is 0 Å². The van der Waals surface area contributed by atoms with Gasteiger partial charge in [-0.3, -0.25) is 0 Å². The van der Waals surface area contributed by atoms with Crippen molar-refractivity contribution in [2.75, 3.05) is 0 Å². The summed E-state index contributed by atoms with van der Waals surface area (Å²) >= 11 is 0. The zero-order valence-corrected chi connectivity index (χ0v) is 5.37. The first-order valence-electron chi connectivity index (χ1n) is 2.28. The summed E-state index contributed by atoms with van der Waals surface area (Å²) in [5.74, 6) is 0. The fourth-order valence-electron chi connectivity index (χ4n) is 0.263. The van der Waals surface area contributed by atoms with E-state index >= 15 is 0 Å². The Morgan fingerprint density at radius 2 is 2.14 bits per heavy atom. The van der Waals surface area contributed by atoms with E-state index in [2.05, 4.69) is 6.92 Å². The highest BCUT2D eigenvalue weighted by atomic mass is 35.5. The molecule has 0 aliphatic rings. The van der Waals surface area contributed by atoms with Crippen molar-refractivity contribution in [2.24, 2.45) is 5.73 Å². The molecule has 0 aliphatic heterocycles. The van der Waals surface area contributed by atoms with Gasteiger partial charge < -0.3 is 5.73 Å². The lowest BCUT2D eigenvalue weighted by molar-refractivity contribution is 0.956. The lowest BCUT2D eigenvalue weighted by atomic mass is 10.3. The molecule has 0 unspecified atom stereocenters. The summed E-state index contributed by atoms with van der Waals surface area (Å²) < 4.78 is 0. The van der Waals surface area contributed by atoms with Crippen LogP contribution in [0.25, 0.3) is 0 Å². The van der Waals surface area contributed by atoms with E-state index in [1.165, 1.54) is 6.42 Å². The van der Waals surface area contributed by atoms with Crippen molar-refractivity contribution in [2.45, 2.75) is 19.8 Å². The molecule has 1 nitrogen and oxygen atoms in total. The number of halogens is 1. The van der Waals surface area contributed by atoms with Crippen molar-refractivity contribution in [3.8, 4) is 0 Å². The molecule has 0 aromatic rings. The summed E-state index contributed by atoms with van der Waals surface area (Å²) in [6, 6.07) is 0. The molecule has 2 heteroatoms. The maximum absolute atomic E-state index is 5.03. The number of nitrogens with two attached hydrogens (primary N) is 1. The van der Waals surface area contributed by atoms with Gasteiger partial charge in [-0.05, 0) is 12.6 Å². The number of hydrogen-bond donors (Lipinski definition) is 1. The zero-order chi connectivity index (χ0) is 4.83. The van der Waals surface area contributed by atoms with Crippen molar-refractivity contribution in [3.05, 3.63) is 12.3 Å². The lowest BCUT2D eigenvalue weighted by Gasteiger charge is -1.76. The summed E-state index contributed by atoms with van der Waals surface area (Å²) in [6.07, 6.45) is 5.84. The highest BCUT2D eigenvalue weighted by Gasteiger charge is 1.65. The minimum Gasteiger partial charge on any atom is -0.405 e. The van der Waals surface area contributed by atoms with Crippen molar-refractivity contribution < 1.29 is 0 Å². The fraction of sp³-hybridized carbons (Fsp3) is 0.600. The van der Waals surface area contributed by atoms with Crippen LogP contribution in [0.3, 0.4) is 0 Å². The van der Waals surface area contributed by atoms with Crippen LogP contribution in [0.5, 0.6) is 0 Å². The standard InChI is InChI=1S/C5H11N.ClH/c1-2-3-4-5-6;/h4-5H,2-3,6H2,1H3;1H. The SMILES string of the molecule is CCCC=CN.Cl. The highest BCUT2D eigenvalue weighted by Crippen LogP contribution is 1.83. The predicted octanol–water partition coefficient (Wildman–Crippen LogP) is 1.68. The van der Waals surface area contributed by atoms with E-state index < -0.39 is 0 Å². The van der Waals surface area contributed by atoms with Gasteiger partial charge in [-0.15, -0.1) is 12.4 Å². The molecule has 0 atom stereocenters. The quantitative estimate of drug-likeness (QED) is 0.591. The summed E-state index contributed by atoms with van der Waals surface area (Å²) in [5, 5.41) is 0. The monoisotopic (exact) mass is 121 g/mol. The molecule has 7 heavy (non-hydrogen) atoms. The van der Waals surface area contributed by atoms with Gasteiger partial charge in [0.25, 0.3) is 0 Å². The normalized spacial score (nSPS) is 8.71. The molecule has 0 bridgehead atoms. The Kier molecular flexibility index (Phi) is 13.2. The Morgan fingerprint density at radius 3 is 2.29 bits per heavy atom. The fourth-order valence-corrected chi connectivity index (χ4v) is 0.263. The van der Waals surface area contributed by atoms with Crippen LogP contribution in [0, 0.1) is 0 Å². The maximum Gasteiger partial charge on any atom is -0.0103 e. The largest absolute Gasteiger partial charge is 0.405 e. The first-order chi connectivity index (χ1) is 2.91. The first-order valence-corrected chi connectivity index (χ1v) is 2.28. The molecule has 0 aromatic heterocycles. The zero-order valence-electron chi connectivity index (χ0n) is 4.55.